The van der Waals surface area contributed by atoms with Crippen molar-refractivity contribution >= 4 is 23.0 Å². The topological polar surface area (TPSA) is 116 Å². The first-order chi connectivity index (χ1) is 9.48. The SMILES string of the molecule is CCCCOC(=O)C(C)(O)n1cnc2c(N)ncnc21. The van der Waals surface area contributed by atoms with Gasteiger partial charge < -0.3 is 15.6 Å². The van der Waals surface area contributed by atoms with Crippen LogP contribution in [0.15, 0.2) is 12.7 Å². The number of carbonyl (C=O) groups excluding carboxylic acids is 1. The average Bonchev–Trinajstić information content (AvgIpc) is 2.85. The Balaban J connectivity index is 2.32. The molecule has 2 aromatic rings. The van der Waals surface area contributed by atoms with E-state index in [1.165, 1.54) is 24.1 Å². The van der Waals surface area contributed by atoms with Crippen molar-refractivity contribution in [3.63, 3.8) is 0 Å². The summed E-state index contributed by atoms with van der Waals surface area (Å²) >= 11 is 0. The number of aliphatic hydroxyl groups is 1. The maximum atomic E-state index is 12.0. The lowest BCUT2D eigenvalue weighted by atomic mass is 10.2. The van der Waals surface area contributed by atoms with Gasteiger partial charge in [0.15, 0.2) is 11.5 Å². The Morgan fingerprint density at radius 2 is 2.25 bits per heavy atom. The highest BCUT2D eigenvalue weighted by Crippen LogP contribution is 2.22. The van der Waals surface area contributed by atoms with Crippen molar-refractivity contribution in [3.05, 3.63) is 12.7 Å². The zero-order valence-electron chi connectivity index (χ0n) is 11.4. The first-order valence-electron chi connectivity index (χ1n) is 6.32. The van der Waals surface area contributed by atoms with Gasteiger partial charge in [-0.2, -0.15) is 0 Å². The number of nitrogens with two attached hydrogens (primary N) is 1. The van der Waals surface area contributed by atoms with Crippen LogP contribution >= 0.6 is 0 Å². The number of nitrogens with zero attached hydrogens (tertiary/aromatic N) is 4. The normalized spacial score (nSPS) is 14.2. The number of hydrogen-bond acceptors (Lipinski definition) is 7. The molecule has 0 radical (unpaired) electrons. The minimum atomic E-state index is -1.90. The van der Waals surface area contributed by atoms with E-state index in [1.54, 1.807) is 0 Å². The van der Waals surface area contributed by atoms with Crippen LogP contribution in [0.4, 0.5) is 5.82 Å². The summed E-state index contributed by atoms with van der Waals surface area (Å²) in [6, 6.07) is 0. The van der Waals surface area contributed by atoms with Crippen molar-refractivity contribution < 1.29 is 14.6 Å². The average molecular weight is 279 g/mol. The van der Waals surface area contributed by atoms with Crippen LogP contribution in [0.2, 0.25) is 0 Å². The summed E-state index contributed by atoms with van der Waals surface area (Å²) in [4.78, 5) is 23.8. The van der Waals surface area contributed by atoms with Crippen LogP contribution in [-0.4, -0.2) is 37.2 Å². The Bertz CT molecular complexity index is 623. The molecule has 1 atom stereocenters. The Morgan fingerprint density at radius 3 is 2.95 bits per heavy atom. The predicted octanol–water partition coefficient (Wildman–Crippen LogP) is 0.417. The van der Waals surface area contributed by atoms with Crippen molar-refractivity contribution in [1.29, 1.82) is 0 Å². The summed E-state index contributed by atoms with van der Waals surface area (Å²) in [6.07, 6.45) is 4.17. The number of imidazole rings is 1. The number of fused-ring (bicyclic) bond motifs is 1. The smallest absolute Gasteiger partial charge is 0.359 e. The lowest BCUT2D eigenvalue weighted by molar-refractivity contribution is -0.174. The maximum Gasteiger partial charge on any atom is 0.359 e. The summed E-state index contributed by atoms with van der Waals surface area (Å²) in [5.74, 6) is -0.577. The molecule has 2 aromatic heterocycles. The zero-order valence-corrected chi connectivity index (χ0v) is 11.4. The predicted molar refractivity (Wildman–Crippen MR) is 71.5 cm³/mol. The van der Waals surface area contributed by atoms with E-state index in [4.69, 9.17) is 10.5 Å². The highest BCUT2D eigenvalue weighted by atomic mass is 16.6. The number of nitrogen functional groups attached to an aromatic ring is 1. The Morgan fingerprint density at radius 1 is 1.50 bits per heavy atom. The molecule has 0 saturated carbocycles. The number of ether oxygens (including phenoxy) is 1. The molecule has 2 rings (SSSR count). The monoisotopic (exact) mass is 279 g/mol. The van der Waals surface area contributed by atoms with Gasteiger partial charge >= 0.3 is 5.97 Å². The highest BCUT2D eigenvalue weighted by Gasteiger charge is 2.36. The van der Waals surface area contributed by atoms with Crippen molar-refractivity contribution in [3.8, 4) is 0 Å². The molecule has 0 aliphatic rings. The van der Waals surface area contributed by atoms with E-state index in [-0.39, 0.29) is 18.1 Å². The molecule has 0 bridgehead atoms. The van der Waals surface area contributed by atoms with Gasteiger partial charge in [-0.15, -0.1) is 0 Å². The summed E-state index contributed by atoms with van der Waals surface area (Å²) < 4.78 is 6.25. The maximum absolute atomic E-state index is 12.0. The molecule has 0 amide bonds. The second-order valence-electron chi connectivity index (χ2n) is 4.56. The summed E-state index contributed by atoms with van der Waals surface area (Å²) in [5.41, 5.74) is 4.36. The van der Waals surface area contributed by atoms with Gasteiger partial charge in [-0.05, 0) is 13.3 Å². The molecular weight excluding hydrogens is 262 g/mol. The molecule has 0 aliphatic carbocycles. The first kappa shape index (κ1) is 14.2. The molecule has 108 valence electrons. The number of anilines is 1. The lowest BCUT2D eigenvalue weighted by Gasteiger charge is -2.22. The minimum absolute atomic E-state index is 0.184. The third-order valence-corrected chi connectivity index (χ3v) is 2.95. The molecule has 1 unspecified atom stereocenters. The lowest BCUT2D eigenvalue weighted by Crippen LogP contribution is -2.40. The van der Waals surface area contributed by atoms with Crippen molar-refractivity contribution in [2.75, 3.05) is 12.3 Å². The van der Waals surface area contributed by atoms with Gasteiger partial charge in [-0.25, -0.2) is 19.7 Å². The third-order valence-electron chi connectivity index (χ3n) is 2.95. The van der Waals surface area contributed by atoms with Gasteiger partial charge in [0.1, 0.15) is 18.2 Å². The number of hydrogen-bond donors (Lipinski definition) is 2. The van der Waals surface area contributed by atoms with Gasteiger partial charge in [0.05, 0.1) is 6.61 Å². The molecule has 0 saturated heterocycles. The molecule has 0 fully saturated rings. The summed E-state index contributed by atoms with van der Waals surface area (Å²) in [7, 11) is 0. The summed E-state index contributed by atoms with van der Waals surface area (Å²) in [6.45, 7) is 3.56. The van der Waals surface area contributed by atoms with Crippen LogP contribution in [0, 0.1) is 0 Å². The highest BCUT2D eigenvalue weighted by molar-refractivity contribution is 5.84. The molecule has 0 spiro atoms. The Kier molecular flexibility index (Phi) is 3.84. The molecule has 8 nitrogen and oxygen atoms in total. The van der Waals surface area contributed by atoms with E-state index in [0.29, 0.717) is 5.52 Å². The van der Waals surface area contributed by atoms with Gasteiger partial charge in [0.2, 0.25) is 5.72 Å². The Hall–Kier alpha value is -2.22. The van der Waals surface area contributed by atoms with Crippen LogP contribution in [0.3, 0.4) is 0 Å². The molecule has 2 heterocycles. The first-order valence-corrected chi connectivity index (χ1v) is 6.32. The third kappa shape index (κ3) is 2.42. The van der Waals surface area contributed by atoms with Crippen LogP contribution in [0.25, 0.3) is 11.2 Å². The van der Waals surface area contributed by atoms with E-state index in [9.17, 15) is 9.90 Å². The fraction of sp³-hybridized carbons (Fsp3) is 0.500. The Labute approximate surface area is 115 Å². The van der Waals surface area contributed by atoms with Crippen molar-refractivity contribution in [1.82, 2.24) is 19.5 Å². The second-order valence-corrected chi connectivity index (χ2v) is 4.56. The number of carbonyl (C=O) groups is 1. The largest absolute Gasteiger partial charge is 0.462 e. The second kappa shape index (κ2) is 5.41. The fourth-order valence-electron chi connectivity index (χ4n) is 1.72. The van der Waals surface area contributed by atoms with E-state index in [1.807, 2.05) is 6.92 Å². The van der Waals surface area contributed by atoms with E-state index < -0.39 is 11.7 Å². The quantitative estimate of drug-likeness (QED) is 0.601. The number of rotatable bonds is 5. The molecule has 20 heavy (non-hydrogen) atoms. The van der Waals surface area contributed by atoms with Crippen LogP contribution in [0.1, 0.15) is 26.7 Å². The number of esters is 1. The van der Waals surface area contributed by atoms with Crippen LogP contribution in [0.5, 0.6) is 0 Å². The molecule has 3 N–H and O–H groups in total. The minimum Gasteiger partial charge on any atom is -0.462 e. The summed E-state index contributed by atoms with van der Waals surface area (Å²) in [5, 5.41) is 10.4. The van der Waals surface area contributed by atoms with Gasteiger partial charge in [0.25, 0.3) is 0 Å². The van der Waals surface area contributed by atoms with Gasteiger partial charge in [0, 0.05) is 0 Å². The van der Waals surface area contributed by atoms with E-state index in [0.717, 1.165) is 12.8 Å². The number of aromatic nitrogens is 4. The van der Waals surface area contributed by atoms with Crippen LogP contribution < -0.4 is 5.73 Å². The molecule has 0 aliphatic heterocycles. The van der Waals surface area contributed by atoms with Crippen molar-refractivity contribution in [2.24, 2.45) is 0 Å². The van der Waals surface area contributed by atoms with E-state index >= 15 is 0 Å². The molecule has 0 aromatic carbocycles. The zero-order chi connectivity index (χ0) is 14.8. The van der Waals surface area contributed by atoms with Gasteiger partial charge in [-0.3, -0.25) is 4.57 Å². The fourth-order valence-corrected chi connectivity index (χ4v) is 1.72. The van der Waals surface area contributed by atoms with Crippen LogP contribution in [-0.2, 0) is 15.3 Å². The van der Waals surface area contributed by atoms with Gasteiger partial charge in [-0.1, -0.05) is 13.3 Å². The van der Waals surface area contributed by atoms with Crippen molar-refractivity contribution in [2.45, 2.75) is 32.4 Å². The molecular formula is C12H17N5O3. The van der Waals surface area contributed by atoms with E-state index in [2.05, 4.69) is 15.0 Å². The standard InChI is InChI=1S/C12H17N5O3/c1-3-4-5-20-11(18)12(2,19)17-7-16-8-9(13)14-6-15-10(8)17/h6-7,19H,3-5H2,1-2H3,(H2,13,14,15). The number of unbranched alkanes of at least 4 members (excludes halogenated alkanes) is 1. The molecule has 8 heteroatoms.